The molecule has 34 heavy (non-hydrogen) atoms. The van der Waals surface area contributed by atoms with E-state index in [-0.39, 0.29) is 8.58 Å². The van der Waals surface area contributed by atoms with Crippen LogP contribution in [0.3, 0.4) is 0 Å². The minimum atomic E-state index is -0.376. The van der Waals surface area contributed by atoms with Crippen molar-refractivity contribution in [2.24, 2.45) is 0 Å². The van der Waals surface area contributed by atoms with Gasteiger partial charge in [-0.25, -0.2) is 0 Å². The van der Waals surface area contributed by atoms with Gasteiger partial charge in [0.1, 0.15) is 5.69 Å². The number of rotatable bonds is 10. The zero-order chi connectivity index (χ0) is 23.4. The molecule has 2 aromatic heterocycles. The first-order valence-electron chi connectivity index (χ1n) is 11.8. The summed E-state index contributed by atoms with van der Waals surface area (Å²) < 4.78 is 11.4. The quantitative estimate of drug-likeness (QED) is 0.244. The number of hydrogen-bond donors (Lipinski definition) is 2. The first kappa shape index (κ1) is 22.5. The second-order valence-corrected chi connectivity index (χ2v) is 9.06. The molecule has 1 aliphatic heterocycles. The molecule has 2 aromatic carbocycles. The van der Waals surface area contributed by atoms with Crippen molar-refractivity contribution < 1.29 is 12.1 Å². The summed E-state index contributed by atoms with van der Waals surface area (Å²) in [6.07, 6.45) is 4.68. The molecule has 4 aromatic rings. The fourth-order valence-corrected chi connectivity index (χ4v) is 4.15. The van der Waals surface area contributed by atoms with E-state index in [0.717, 1.165) is 47.7 Å². The topological polar surface area (TPSA) is 75.5 Å². The molecular formula is C28H34N4O2. The number of ether oxygens (including phenoxy) is 1. The standard InChI is InChI=1S/C28H30N4O2.2H2/c1-20(2)31-28(19-33-28)25-7-3-6-24(15-25)26-16-27(34-32-26)23-10-8-22(9-11-23)18-30-14-12-21-5-4-13-29-17-21;;/h3-11,13,15-17,20,30-31H,12,14,18-19H2,1-2H3;2*1H. The van der Waals surface area contributed by atoms with Crippen molar-refractivity contribution in [2.75, 3.05) is 13.2 Å². The fourth-order valence-electron chi connectivity index (χ4n) is 4.15. The summed E-state index contributed by atoms with van der Waals surface area (Å²) in [6, 6.07) is 23.1. The maximum atomic E-state index is 5.76. The predicted molar refractivity (Wildman–Crippen MR) is 137 cm³/mol. The number of nitrogens with one attached hydrogen (secondary N) is 2. The smallest absolute Gasteiger partial charge is 0.169 e. The van der Waals surface area contributed by atoms with Gasteiger partial charge in [-0.05, 0) is 50.1 Å². The van der Waals surface area contributed by atoms with Gasteiger partial charge < -0.3 is 14.6 Å². The van der Waals surface area contributed by atoms with Crippen LogP contribution in [0.4, 0.5) is 0 Å². The Kier molecular flexibility index (Phi) is 6.54. The van der Waals surface area contributed by atoms with E-state index in [1.165, 1.54) is 11.1 Å². The molecule has 5 rings (SSSR count). The summed E-state index contributed by atoms with van der Waals surface area (Å²) in [5.41, 5.74) is 6.06. The molecule has 0 radical (unpaired) electrons. The Bertz CT molecular complexity index is 1230. The van der Waals surface area contributed by atoms with E-state index in [4.69, 9.17) is 9.26 Å². The average Bonchev–Trinajstić information content (AvgIpc) is 3.46. The molecule has 1 fully saturated rings. The predicted octanol–water partition coefficient (Wildman–Crippen LogP) is 5.41. The number of nitrogens with zero attached hydrogens (tertiary/aromatic N) is 2. The van der Waals surface area contributed by atoms with Crippen LogP contribution in [0.5, 0.6) is 0 Å². The maximum Gasteiger partial charge on any atom is 0.169 e. The number of pyridine rings is 1. The third-order valence-electron chi connectivity index (χ3n) is 5.97. The van der Waals surface area contributed by atoms with Gasteiger partial charge in [-0.2, -0.15) is 0 Å². The monoisotopic (exact) mass is 458 g/mol. The van der Waals surface area contributed by atoms with Crippen LogP contribution in [0.1, 0.15) is 33.4 Å². The lowest BCUT2D eigenvalue weighted by molar-refractivity contribution is 0.243. The van der Waals surface area contributed by atoms with E-state index in [1.54, 1.807) is 6.20 Å². The number of benzene rings is 2. The van der Waals surface area contributed by atoms with Crippen LogP contribution in [0, 0.1) is 0 Å². The van der Waals surface area contributed by atoms with Gasteiger partial charge in [-0.15, -0.1) is 0 Å². The molecule has 1 unspecified atom stereocenters. The SMILES string of the molecule is CC(C)NC1(c2cccc(-c3cc(-c4ccc(CNCCc5cccnc5)cc4)on3)c2)CO1.[HH].[HH]. The molecular weight excluding hydrogens is 424 g/mol. The van der Waals surface area contributed by atoms with Crippen LogP contribution in [0.2, 0.25) is 0 Å². The van der Waals surface area contributed by atoms with Crippen LogP contribution < -0.4 is 10.6 Å². The molecule has 1 aliphatic rings. The van der Waals surface area contributed by atoms with Crippen molar-refractivity contribution in [1.29, 1.82) is 0 Å². The number of hydrogen-bond acceptors (Lipinski definition) is 6. The zero-order valence-corrected chi connectivity index (χ0v) is 19.6. The maximum absolute atomic E-state index is 5.76. The highest BCUT2D eigenvalue weighted by atomic mass is 16.6. The molecule has 1 saturated heterocycles. The van der Waals surface area contributed by atoms with Gasteiger partial charge in [0.05, 0.1) is 6.61 Å². The van der Waals surface area contributed by atoms with Crippen LogP contribution in [-0.4, -0.2) is 29.3 Å². The highest BCUT2D eigenvalue weighted by molar-refractivity contribution is 5.67. The summed E-state index contributed by atoms with van der Waals surface area (Å²) in [6.45, 7) is 6.67. The highest BCUT2D eigenvalue weighted by Gasteiger charge is 2.46. The van der Waals surface area contributed by atoms with Gasteiger partial charge in [0, 0.05) is 50.6 Å². The molecule has 1 atom stereocenters. The average molecular weight is 459 g/mol. The lowest BCUT2D eigenvalue weighted by Gasteiger charge is -2.17. The Morgan fingerprint density at radius 2 is 1.85 bits per heavy atom. The van der Waals surface area contributed by atoms with Gasteiger partial charge >= 0.3 is 0 Å². The molecule has 0 amide bonds. The molecule has 0 spiro atoms. The minimum absolute atomic E-state index is 0. The molecule has 6 heteroatoms. The summed E-state index contributed by atoms with van der Waals surface area (Å²) in [7, 11) is 0. The number of aromatic nitrogens is 2. The molecule has 0 saturated carbocycles. The van der Waals surface area contributed by atoms with E-state index in [0.29, 0.717) is 12.6 Å². The summed E-state index contributed by atoms with van der Waals surface area (Å²) in [5.74, 6) is 0.759. The van der Waals surface area contributed by atoms with Gasteiger partial charge in [-0.1, -0.05) is 53.7 Å². The lowest BCUT2D eigenvalue weighted by Crippen LogP contribution is -2.36. The molecule has 178 valence electrons. The van der Waals surface area contributed by atoms with Crippen LogP contribution in [-0.2, 0) is 23.4 Å². The normalized spacial score (nSPS) is 17.3. The van der Waals surface area contributed by atoms with Crippen LogP contribution in [0.15, 0.2) is 83.6 Å². The largest absolute Gasteiger partial charge is 0.356 e. The van der Waals surface area contributed by atoms with Crippen LogP contribution >= 0.6 is 0 Å². The van der Waals surface area contributed by atoms with E-state index < -0.39 is 0 Å². The Morgan fingerprint density at radius 3 is 2.59 bits per heavy atom. The second-order valence-electron chi connectivity index (χ2n) is 9.06. The fraction of sp³-hybridized carbons (Fsp3) is 0.286. The molecule has 6 nitrogen and oxygen atoms in total. The summed E-state index contributed by atoms with van der Waals surface area (Å²) in [5, 5.41) is 11.3. The third-order valence-corrected chi connectivity index (χ3v) is 5.97. The Balaban J connectivity index is 0.00000180. The number of epoxide rings is 1. The highest BCUT2D eigenvalue weighted by Crippen LogP contribution is 2.38. The van der Waals surface area contributed by atoms with Crippen molar-refractivity contribution in [3.63, 3.8) is 0 Å². The van der Waals surface area contributed by atoms with E-state index in [1.807, 2.05) is 24.4 Å². The van der Waals surface area contributed by atoms with Crippen molar-refractivity contribution in [3.05, 3.63) is 95.8 Å². The Morgan fingerprint density at radius 1 is 1.00 bits per heavy atom. The summed E-state index contributed by atoms with van der Waals surface area (Å²) in [4.78, 5) is 4.16. The van der Waals surface area contributed by atoms with Crippen molar-refractivity contribution in [3.8, 4) is 22.6 Å². The van der Waals surface area contributed by atoms with Crippen molar-refractivity contribution in [1.82, 2.24) is 20.8 Å². The Hall–Kier alpha value is -3.32. The zero-order valence-electron chi connectivity index (χ0n) is 19.6. The van der Waals surface area contributed by atoms with E-state index >= 15 is 0 Å². The van der Waals surface area contributed by atoms with Gasteiger partial charge in [0.2, 0.25) is 0 Å². The van der Waals surface area contributed by atoms with Crippen molar-refractivity contribution in [2.45, 2.75) is 38.6 Å². The van der Waals surface area contributed by atoms with Gasteiger partial charge in [-0.3, -0.25) is 10.3 Å². The lowest BCUT2D eigenvalue weighted by atomic mass is 10.0. The van der Waals surface area contributed by atoms with Gasteiger partial charge in [0.25, 0.3) is 0 Å². The van der Waals surface area contributed by atoms with E-state index in [2.05, 4.69) is 83.2 Å². The minimum Gasteiger partial charge on any atom is -0.356 e. The van der Waals surface area contributed by atoms with E-state index in [9.17, 15) is 0 Å². The summed E-state index contributed by atoms with van der Waals surface area (Å²) >= 11 is 0. The Labute approximate surface area is 203 Å². The van der Waals surface area contributed by atoms with Crippen LogP contribution in [0.25, 0.3) is 22.6 Å². The molecule has 0 aliphatic carbocycles. The first-order chi connectivity index (χ1) is 16.6. The third kappa shape index (κ3) is 5.25. The first-order valence-corrected chi connectivity index (χ1v) is 11.8. The second kappa shape index (κ2) is 9.89. The molecule has 0 bridgehead atoms. The van der Waals surface area contributed by atoms with Gasteiger partial charge in [0.15, 0.2) is 11.5 Å². The van der Waals surface area contributed by atoms with Crippen molar-refractivity contribution >= 4 is 0 Å². The molecule has 2 N–H and O–H groups in total. The molecule has 3 heterocycles.